The van der Waals surface area contributed by atoms with Crippen LogP contribution in [0.15, 0.2) is 24.3 Å². The van der Waals surface area contributed by atoms with Crippen molar-refractivity contribution in [1.82, 2.24) is 0 Å². The minimum absolute atomic E-state index is 0.0413. The van der Waals surface area contributed by atoms with Crippen LogP contribution in [-0.4, -0.2) is 85.2 Å². The van der Waals surface area contributed by atoms with Crippen LogP contribution in [0.25, 0.3) is 0 Å². The smallest absolute Gasteiger partial charge is 0.330 e. The first-order valence-corrected chi connectivity index (χ1v) is 7.43. The fraction of sp³-hybridized carbons (Fsp3) is 0.625. The van der Waals surface area contributed by atoms with Crippen molar-refractivity contribution < 1.29 is 44.2 Å². The van der Waals surface area contributed by atoms with E-state index in [0.717, 1.165) is 0 Å². The lowest BCUT2D eigenvalue weighted by molar-refractivity contribution is -0.133. The second-order valence-electron chi connectivity index (χ2n) is 4.46. The molecule has 0 heterocycles. The van der Waals surface area contributed by atoms with Gasteiger partial charge in [-0.2, -0.15) is 0 Å². The number of carboxylic acids is 2. The first-order chi connectivity index (χ1) is 11.7. The fourth-order valence-electron chi connectivity index (χ4n) is 0.671. The summed E-state index contributed by atoms with van der Waals surface area (Å²) in [5.41, 5.74) is 0.352. The van der Waals surface area contributed by atoms with Crippen LogP contribution >= 0.6 is 0 Å². The Bertz CT molecular complexity index is 309. The van der Waals surface area contributed by atoms with Gasteiger partial charge in [0.2, 0.25) is 0 Å². The highest BCUT2D eigenvalue weighted by Crippen LogP contribution is 1.82. The summed E-state index contributed by atoms with van der Waals surface area (Å²) in [5.74, 6) is -1.87. The van der Waals surface area contributed by atoms with Gasteiger partial charge in [0.15, 0.2) is 0 Å². The Morgan fingerprint density at radius 2 is 0.880 bits per heavy atom. The van der Waals surface area contributed by atoms with Gasteiger partial charge in [-0.15, -0.1) is 0 Å². The second-order valence-corrected chi connectivity index (χ2v) is 4.46. The fourth-order valence-corrected chi connectivity index (χ4v) is 0.671. The van der Waals surface area contributed by atoms with E-state index in [4.69, 9.17) is 34.6 Å². The lowest BCUT2D eigenvalue weighted by atomic mass is 10.4. The standard InChI is InChI=1S/C8H18O5.2C4H6O2/c9-1-3-11-5-7-13-8-6-12-4-2-10;2*1-3(2)4(5)6/h9-10H,1-8H2;2*1H2,2H3,(H,5,6). The third kappa shape index (κ3) is 34.5. The normalized spacial score (nSPS) is 9.12. The summed E-state index contributed by atoms with van der Waals surface area (Å²) in [6, 6.07) is 0. The molecule has 0 fully saturated rings. The number of carboxylic acid groups (broad SMARTS) is 2. The van der Waals surface area contributed by atoms with Gasteiger partial charge >= 0.3 is 11.9 Å². The molecule has 0 aromatic rings. The Kier molecular flexibility index (Phi) is 24.9. The lowest BCUT2D eigenvalue weighted by Gasteiger charge is -2.04. The number of hydrogen-bond donors (Lipinski definition) is 4. The lowest BCUT2D eigenvalue weighted by Crippen LogP contribution is -2.11. The zero-order valence-electron chi connectivity index (χ0n) is 14.9. The summed E-state index contributed by atoms with van der Waals surface area (Å²) < 4.78 is 15.0. The maximum atomic E-state index is 9.60. The van der Waals surface area contributed by atoms with E-state index in [1.807, 2.05) is 0 Å². The predicted octanol–water partition coefficient (Wildman–Crippen LogP) is 0.315. The molecule has 0 spiro atoms. The summed E-state index contributed by atoms with van der Waals surface area (Å²) >= 11 is 0. The Hall–Kier alpha value is -1.78. The molecule has 9 nitrogen and oxygen atoms in total. The quantitative estimate of drug-likeness (QED) is 0.283. The molecule has 0 atom stereocenters. The molecule has 0 rings (SSSR count). The van der Waals surface area contributed by atoms with E-state index in [1.54, 1.807) is 0 Å². The van der Waals surface area contributed by atoms with Crippen LogP contribution in [0.3, 0.4) is 0 Å². The largest absolute Gasteiger partial charge is 0.478 e. The van der Waals surface area contributed by atoms with Crippen LogP contribution in [0.2, 0.25) is 0 Å². The number of aliphatic carboxylic acids is 2. The predicted molar refractivity (Wildman–Crippen MR) is 91.5 cm³/mol. The highest BCUT2D eigenvalue weighted by molar-refractivity contribution is 5.85. The van der Waals surface area contributed by atoms with E-state index in [9.17, 15) is 9.59 Å². The SMILES string of the molecule is C=C(C)C(=O)O.C=C(C)C(=O)O.OCCOCCOCCOCCO. The number of ether oxygens (including phenoxy) is 3. The molecule has 4 N–H and O–H groups in total. The summed E-state index contributed by atoms with van der Waals surface area (Å²) in [4.78, 5) is 19.2. The number of hydrogen-bond acceptors (Lipinski definition) is 7. The van der Waals surface area contributed by atoms with Crippen molar-refractivity contribution in [1.29, 1.82) is 0 Å². The summed E-state index contributed by atoms with van der Waals surface area (Å²) in [5, 5.41) is 32.5. The topological polar surface area (TPSA) is 143 Å². The molecule has 0 aromatic heterocycles. The average molecular weight is 366 g/mol. The number of aliphatic hydroxyl groups excluding tert-OH is 2. The maximum absolute atomic E-state index is 9.60. The van der Waals surface area contributed by atoms with Crippen LogP contribution in [-0.2, 0) is 23.8 Å². The van der Waals surface area contributed by atoms with Crippen LogP contribution in [0, 0.1) is 0 Å². The van der Waals surface area contributed by atoms with E-state index in [0.29, 0.717) is 39.6 Å². The van der Waals surface area contributed by atoms with Gasteiger partial charge in [0, 0.05) is 11.1 Å². The van der Waals surface area contributed by atoms with Gasteiger partial charge in [0.05, 0.1) is 52.9 Å². The molecule has 0 unspecified atom stereocenters. The van der Waals surface area contributed by atoms with Crippen LogP contribution in [0.5, 0.6) is 0 Å². The van der Waals surface area contributed by atoms with Crippen molar-refractivity contribution in [2.45, 2.75) is 13.8 Å². The molecule has 0 aliphatic heterocycles. The van der Waals surface area contributed by atoms with Crippen molar-refractivity contribution in [3.63, 3.8) is 0 Å². The molecule has 0 saturated heterocycles. The zero-order valence-corrected chi connectivity index (χ0v) is 14.9. The van der Waals surface area contributed by atoms with E-state index in [-0.39, 0.29) is 24.4 Å². The molecule has 0 aromatic carbocycles. The molecule has 0 bridgehead atoms. The van der Waals surface area contributed by atoms with Crippen LogP contribution in [0.4, 0.5) is 0 Å². The molecule has 0 aliphatic rings. The van der Waals surface area contributed by atoms with Gasteiger partial charge in [0.1, 0.15) is 0 Å². The van der Waals surface area contributed by atoms with Gasteiger partial charge in [-0.05, 0) is 13.8 Å². The number of carbonyl (C=O) groups is 2. The average Bonchev–Trinajstić information content (AvgIpc) is 2.54. The van der Waals surface area contributed by atoms with Crippen molar-refractivity contribution in [3.8, 4) is 0 Å². The van der Waals surface area contributed by atoms with Gasteiger partial charge in [-0.3, -0.25) is 0 Å². The van der Waals surface area contributed by atoms with Crippen molar-refractivity contribution in [3.05, 3.63) is 24.3 Å². The number of aliphatic hydroxyl groups is 2. The van der Waals surface area contributed by atoms with E-state index in [1.165, 1.54) is 13.8 Å². The minimum atomic E-state index is -0.935. The molecule has 25 heavy (non-hydrogen) atoms. The Labute approximate surface area is 148 Å². The monoisotopic (exact) mass is 366 g/mol. The molecule has 9 heteroatoms. The van der Waals surface area contributed by atoms with Crippen LogP contribution in [0.1, 0.15) is 13.8 Å². The van der Waals surface area contributed by atoms with Crippen molar-refractivity contribution >= 4 is 11.9 Å². The molecule has 0 amide bonds. The molecule has 0 radical (unpaired) electrons. The Morgan fingerprint density at radius 3 is 1.04 bits per heavy atom. The summed E-state index contributed by atoms with van der Waals surface area (Å²) in [6.45, 7) is 12.0. The third-order valence-corrected chi connectivity index (χ3v) is 1.95. The Morgan fingerprint density at radius 1 is 0.680 bits per heavy atom. The van der Waals surface area contributed by atoms with E-state index < -0.39 is 11.9 Å². The van der Waals surface area contributed by atoms with E-state index >= 15 is 0 Å². The first kappa shape index (κ1) is 28.0. The number of rotatable bonds is 12. The highest BCUT2D eigenvalue weighted by atomic mass is 16.5. The zero-order chi connectivity index (χ0) is 20.1. The first-order valence-electron chi connectivity index (χ1n) is 7.43. The molecular formula is C16H30O9. The Balaban J connectivity index is -0.000000336. The van der Waals surface area contributed by atoms with Gasteiger partial charge in [0.25, 0.3) is 0 Å². The third-order valence-electron chi connectivity index (χ3n) is 1.95. The summed E-state index contributed by atoms with van der Waals surface area (Å²) in [7, 11) is 0. The molecule has 0 aliphatic carbocycles. The van der Waals surface area contributed by atoms with Crippen molar-refractivity contribution in [2.75, 3.05) is 52.9 Å². The van der Waals surface area contributed by atoms with Gasteiger partial charge < -0.3 is 34.6 Å². The minimum Gasteiger partial charge on any atom is -0.478 e. The van der Waals surface area contributed by atoms with Gasteiger partial charge in [-0.25, -0.2) is 9.59 Å². The maximum Gasteiger partial charge on any atom is 0.330 e. The molecule has 148 valence electrons. The molecular weight excluding hydrogens is 336 g/mol. The second kappa shape index (κ2) is 22.2. The van der Waals surface area contributed by atoms with Crippen molar-refractivity contribution in [2.24, 2.45) is 0 Å². The van der Waals surface area contributed by atoms with Gasteiger partial charge in [-0.1, -0.05) is 13.2 Å². The molecule has 0 saturated carbocycles. The van der Waals surface area contributed by atoms with E-state index in [2.05, 4.69) is 13.2 Å². The summed E-state index contributed by atoms with van der Waals surface area (Å²) in [6.07, 6.45) is 0. The van der Waals surface area contributed by atoms with Crippen LogP contribution < -0.4 is 0 Å². The highest BCUT2D eigenvalue weighted by Gasteiger charge is 1.91.